The Morgan fingerprint density at radius 2 is 2.05 bits per heavy atom. The zero-order valence-electron chi connectivity index (χ0n) is 11.6. The molecule has 0 saturated heterocycles. The molecule has 0 unspecified atom stereocenters. The minimum absolute atomic E-state index is 0.0253. The number of rotatable bonds is 4. The van der Waals surface area contributed by atoms with Crippen LogP contribution in [0.1, 0.15) is 15.9 Å². The molecule has 22 heavy (non-hydrogen) atoms. The summed E-state index contributed by atoms with van der Waals surface area (Å²) >= 11 is 7.48. The lowest BCUT2D eigenvalue weighted by Crippen LogP contribution is -2.26. The van der Waals surface area contributed by atoms with E-state index in [2.05, 4.69) is 22.8 Å². The number of hydrogen-bond acceptors (Lipinski definition) is 2. The summed E-state index contributed by atoms with van der Waals surface area (Å²) in [4.78, 5) is 12.0. The van der Waals surface area contributed by atoms with Crippen molar-refractivity contribution >= 4 is 38.9 Å². The van der Waals surface area contributed by atoms with E-state index < -0.39 is 11.7 Å². The maximum absolute atomic E-state index is 13.6. The monoisotopic (exact) mass is 333 g/mol. The van der Waals surface area contributed by atoms with Gasteiger partial charge in [-0.15, -0.1) is 11.3 Å². The molecule has 2 aromatic carbocycles. The third-order valence-electron chi connectivity index (χ3n) is 3.41. The Hall–Kier alpha value is -1.91. The second kappa shape index (κ2) is 6.46. The third-order valence-corrected chi connectivity index (χ3v) is 4.66. The van der Waals surface area contributed by atoms with Gasteiger partial charge in [0.25, 0.3) is 5.91 Å². The number of nitrogens with one attached hydrogen (secondary N) is 1. The normalized spacial score (nSPS) is 10.8. The predicted molar refractivity (Wildman–Crippen MR) is 89.3 cm³/mol. The minimum atomic E-state index is -0.567. The third kappa shape index (κ3) is 3.13. The average molecular weight is 334 g/mol. The number of amides is 1. The Kier molecular flexibility index (Phi) is 4.41. The fraction of sp³-hybridized carbons (Fsp3) is 0.118. The Balaban J connectivity index is 1.65. The first-order chi connectivity index (χ1) is 10.6. The van der Waals surface area contributed by atoms with Crippen LogP contribution in [0.5, 0.6) is 0 Å². The molecule has 3 rings (SSSR count). The van der Waals surface area contributed by atoms with Crippen LogP contribution in [0.25, 0.3) is 10.1 Å². The van der Waals surface area contributed by atoms with Crippen LogP contribution in [0, 0.1) is 5.82 Å². The molecule has 2 nitrogen and oxygen atoms in total. The molecule has 0 aliphatic heterocycles. The van der Waals surface area contributed by atoms with Gasteiger partial charge in [0.05, 0.1) is 5.56 Å². The molecule has 0 saturated carbocycles. The van der Waals surface area contributed by atoms with Crippen LogP contribution in [0.15, 0.2) is 47.8 Å². The second-order valence-corrected chi connectivity index (χ2v) is 6.23. The van der Waals surface area contributed by atoms with E-state index in [0.29, 0.717) is 18.0 Å². The second-order valence-electron chi connectivity index (χ2n) is 4.89. The first-order valence-electron chi connectivity index (χ1n) is 6.83. The highest BCUT2D eigenvalue weighted by atomic mass is 35.5. The topological polar surface area (TPSA) is 29.1 Å². The van der Waals surface area contributed by atoms with Crippen molar-refractivity contribution in [2.24, 2.45) is 0 Å². The highest BCUT2D eigenvalue weighted by molar-refractivity contribution is 7.17. The van der Waals surface area contributed by atoms with Crippen LogP contribution >= 0.6 is 22.9 Å². The largest absolute Gasteiger partial charge is 0.352 e. The molecule has 1 heterocycles. The van der Waals surface area contributed by atoms with Crippen molar-refractivity contribution in [3.63, 3.8) is 0 Å². The van der Waals surface area contributed by atoms with Crippen LogP contribution in [-0.4, -0.2) is 12.5 Å². The number of carbonyl (C=O) groups excluding carboxylic acids is 1. The summed E-state index contributed by atoms with van der Waals surface area (Å²) < 4.78 is 14.8. The van der Waals surface area contributed by atoms with Crippen LogP contribution in [0.3, 0.4) is 0 Å². The first kappa shape index (κ1) is 15.0. The van der Waals surface area contributed by atoms with E-state index in [1.54, 1.807) is 11.3 Å². The van der Waals surface area contributed by atoms with Crippen LogP contribution in [0.2, 0.25) is 5.02 Å². The zero-order chi connectivity index (χ0) is 15.5. The summed E-state index contributed by atoms with van der Waals surface area (Å²) in [6.45, 7) is 0.450. The van der Waals surface area contributed by atoms with Gasteiger partial charge in [-0.1, -0.05) is 29.8 Å². The van der Waals surface area contributed by atoms with Crippen molar-refractivity contribution in [1.82, 2.24) is 5.32 Å². The molecular weight excluding hydrogens is 321 g/mol. The molecule has 3 aromatic rings. The molecule has 1 aromatic heterocycles. The van der Waals surface area contributed by atoms with Gasteiger partial charge in [0.1, 0.15) is 5.82 Å². The molecule has 0 fully saturated rings. The van der Waals surface area contributed by atoms with Gasteiger partial charge in [0.2, 0.25) is 0 Å². The molecule has 0 aliphatic carbocycles. The summed E-state index contributed by atoms with van der Waals surface area (Å²) in [7, 11) is 0. The van der Waals surface area contributed by atoms with Gasteiger partial charge < -0.3 is 5.32 Å². The van der Waals surface area contributed by atoms with E-state index in [0.717, 1.165) is 0 Å². The van der Waals surface area contributed by atoms with Crippen molar-refractivity contribution in [3.8, 4) is 0 Å². The standard InChI is InChI=1S/C17H13ClFNOS/c18-12-5-6-15(19)14(9-12)17(21)20-8-7-11-10-22-16-4-2-1-3-13(11)16/h1-6,9-10H,7-8H2,(H,20,21). The summed E-state index contributed by atoms with van der Waals surface area (Å²) in [6, 6.07) is 12.1. The molecule has 1 N–H and O–H groups in total. The van der Waals surface area contributed by atoms with E-state index in [9.17, 15) is 9.18 Å². The average Bonchev–Trinajstić information content (AvgIpc) is 2.93. The number of halogens is 2. The number of hydrogen-bond donors (Lipinski definition) is 1. The highest BCUT2D eigenvalue weighted by Crippen LogP contribution is 2.25. The molecule has 0 bridgehead atoms. The van der Waals surface area contributed by atoms with Gasteiger partial charge in [0, 0.05) is 16.3 Å². The van der Waals surface area contributed by atoms with Crippen molar-refractivity contribution in [2.45, 2.75) is 6.42 Å². The molecule has 1 amide bonds. The van der Waals surface area contributed by atoms with Gasteiger partial charge in [-0.3, -0.25) is 4.79 Å². The number of benzene rings is 2. The minimum Gasteiger partial charge on any atom is -0.352 e. The number of thiophene rings is 1. The molecular formula is C17H13ClFNOS. The van der Waals surface area contributed by atoms with E-state index in [1.807, 2.05) is 12.1 Å². The maximum Gasteiger partial charge on any atom is 0.254 e. The Morgan fingerprint density at radius 1 is 1.23 bits per heavy atom. The molecule has 0 spiro atoms. The Bertz CT molecular complexity index is 830. The summed E-state index contributed by atoms with van der Waals surface area (Å²) in [5, 5.41) is 6.38. The molecule has 0 radical (unpaired) electrons. The van der Waals surface area contributed by atoms with Crippen LogP contribution in [-0.2, 0) is 6.42 Å². The lowest BCUT2D eigenvalue weighted by Gasteiger charge is -2.06. The summed E-state index contributed by atoms with van der Waals surface area (Å²) in [5.41, 5.74) is 1.16. The van der Waals surface area contributed by atoms with Gasteiger partial charge in [-0.25, -0.2) is 4.39 Å². The predicted octanol–water partition coefficient (Wildman–Crippen LogP) is 4.67. The molecule has 0 atom stereocenters. The van der Waals surface area contributed by atoms with Gasteiger partial charge in [0.15, 0.2) is 0 Å². The number of carbonyl (C=O) groups is 1. The Labute approximate surface area is 136 Å². The fourth-order valence-electron chi connectivity index (χ4n) is 2.30. The summed E-state index contributed by atoms with van der Waals surface area (Å²) in [5.74, 6) is -1.01. The first-order valence-corrected chi connectivity index (χ1v) is 8.09. The van der Waals surface area contributed by atoms with Gasteiger partial charge >= 0.3 is 0 Å². The van der Waals surface area contributed by atoms with E-state index in [4.69, 9.17) is 11.6 Å². The zero-order valence-corrected chi connectivity index (χ0v) is 13.2. The summed E-state index contributed by atoms with van der Waals surface area (Å²) in [6.07, 6.45) is 0.706. The molecule has 112 valence electrons. The highest BCUT2D eigenvalue weighted by Gasteiger charge is 2.12. The van der Waals surface area contributed by atoms with E-state index in [1.165, 1.54) is 33.8 Å². The maximum atomic E-state index is 13.6. The van der Waals surface area contributed by atoms with Gasteiger partial charge in [-0.05, 0) is 47.0 Å². The molecule has 5 heteroatoms. The van der Waals surface area contributed by atoms with Crippen molar-refractivity contribution < 1.29 is 9.18 Å². The fourth-order valence-corrected chi connectivity index (χ4v) is 3.47. The lowest BCUT2D eigenvalue weighted by atomic mass is 10.1. The molecule has 0 aliphatic rings. The van der Waals surface area contributed by atoms with Crippen molar-refractivity contribution in [2.75, 3.05) is 6.54 Å². The van der Waals surface area contributed by atoms with Crippen LogP contribution < -0.4 is 5.32 Å². The lowest BCUT2D eigenvalue weighted by molar-refractivity contribution is 0.0950. The SMILES string of the molecule is O=C(NCCc1csc2ccccc12)c1cc(Cl)ccc1F. The van der Waals surface area contributed by atoms with Crippen LogP contribution in [0.4, 0.5) is 4.39 Å². The van der Waals surface area contributed by atoms with Crippen molar-refractivity contribution in [1.29, 1.82) is 0 Å². The Morgan fingerprint density at radius 3 is 2.91 bits per heavy atom. The van der Waals surface area contributed by atoms with E-state index >= 15 is 0 Å². The smallest absolute Gasteiger partial charge is 0.254 e. The van der Waals surface area contributed by atoms with E-state index in [-0.39, 0.29) is 5.56 Å². The quantitative estimate of drug-likeness (QED) is 0.738. The van der Waals surface area contributed by atoms with Gasteiger partial charge in [-0.2, -0.15) is 0 Å². The number of fused-ring (bicyclic) bond motifs is 1. The van der Waals surface area contributed by atoms with Crippen molar-refractivity contribution in [3.05, 3.63) is 69.8 Å².